The zero-order valence-corrected chi connectivity index (χ0v) is 7.51. The summed E-state index contributed by atoms with van der Waals surface area (Å²) in [6.07, 6.45) is 0. The molecule has 0 aliphatic rings. The normalized spacial score (nSPS) is 9.25. The number of rotatable bonds is 3. The number of pyridine rings is 1. The van der Waals surface area contributed by atoms with Crippen LogP contribution in [0, 0.1) is 0 Å². The number of aromatic nitrogens is 1. The van der Waals surface area contributed by atoms with E-state index in [4.69, 9.17) is 4.74 Å². The summed E-state index contributed by atoms with van der Waals surface area (Å²) in [7, 11) is 5.27. The molecule has 1 aromatic rings. The molecule has 0 bridgehead atoms. The highest BCUT2D eigenvalue weighted by molar-refractivity contribution is 5.64. The van der Waals surface area contributed by atoms with Gasteiger partial charge in [0, 0.05) is 20.2 Å². The Morgan fingerprint density at radius 3 is 2.50 bits per heavy atom. The lowest BCUT2D eigenvalue weighted by atomic mass is 10.4. The minimum atomic E-state index is 0.610. The molecule has 0 aliphatic carbocycles. The molecular weight excluding hydrogens is 154 g/mol. The third-order valence-electron chi connectivity index (χ3n) is 1.58. The van der Waals surface area contributed by atoms with Gasteiger partial charge in [0.1, 0.15) is 0 Å². The van der Waals surface area contributed by atoms with Gasteiger partial charge in [0.2, 0.25) is 5.88 Å². The van der Waals surface area contributed by atoms with Crippen molar-refractivity contribution in [1.29, 1.82) is 0 Å². The molecule has 66 valence electrons. The van der Waals surface area contributed by atoms with E-state index >= 15 is 0 Å². The first-order valence-electron chi connectivity index (χ1n) is 3.72. The van der Waals surface area contributed by atoms with Crippen LogP contribution in [0.15, 0.2) is 12.1 Å². The van der Waals surface area contributed by atoms with Crippen molar-refractivity contribution < 1.29 is 4.74 Å². The number of ether oxygens (including phenoxy) is 1. The maximum absolute atomic E-state index is 4.98. The van der Waals surface area contributed by atoms with Crippen LogP contribution in [0.4, 0.5) is 11.5 Å². The number of methoxy groups -OCH3 is 1. The lowest BCUT2D eigenvalue weighted by Gasteiger charge is -2.08. The quantitative estimate of drug-likeness (QED) is 0.709. The van der Waals surface area contributed by atoms with Crippen LogP contribution >= 0.6 is 0 Å². The highest BCUT2D eigenvalue weighted by Gasteiger charge is 2.01. The predicted octanol–water partition coefficient (Wildman–Crippen LogP) is 1.17. The maximum atomic E-state index is 4.98. The summed E-state index contributed by atoms with van der Waals surface area (Å²) in [4.78, 5) is 4.18. The molecule has 1 heterocycles. The van der Waals surface area contributed by atoms with Crippen molar-refractivity contribution in [3.05, 3.63) is 12.1 Å². The zero-order valence-electron chi connectivity index (χ0n) is 7.51. The second-order valence-corrected chi connectivity index (χ2v) is 2.25. The van der Waals surface area contributed by atoms with Crippen LogP contribution in [0.1, 0.15) is 0 Å². The highest BCUT2D eigenvalue weighted by Crippen LogP contribution is 2.21. The fourth-order valence-corrected chi connectivity index (χ4v) is 0.947. The van der Waals surface area contributed by atoms with Gasteiger partial charge in [0.25, 0.3) is 0 Å². The van der Waals surface area contributed by atoms with E-state index in [1.54, 1.807) is 7.11 Å². The van der Waals surface area contributed by atoms with Crippen molar-refractivity contribution in [2.75, 3.05) is 31.8 Å². The van der Waals surface area contributed by atoms with Gasteiger partial charge < -0.3 is 15.4 Å². The summed E-state index contributed by atoms with van der Waals surface area (Å²) in [5.74, 6) is 1.40. The Morgan fingerprint density at radius 1 is 1.25 bits per heavy atom. The van der Waals surface area contributed by atoms with Crippen LogP contribution in [0.3, 0.4) is 0 Å². The van der Waals surface area contributed by atoms with E-state index in [0.717, 1.165) is 11.5 Å². The number of hydrogen-bond acceptors (Lipinski definition) is 4. The largest absolute Gasteiger partial charge is 0.481 e. The monoisotopic (exact) mass is 167 g/mol. The summed E-state index contributed by atoms with van der Waals surface area (Å²) in [5, 5.41) is 5.98. The molecule has 0 saturated heterocycles. The third-order valence-corrected chi connectivity index (χ3v) is 1.58. The minimum absolute atomic E-state index is 0.610. The molecule has 0 spiro atoms. The van der Waals surface area contributed by atoms with Crippen LogP contribution in [0.25, 0.3) is 0 Å². The first-order chi connectivity index (χ1) is 5.81. The van der Waals surface area contributed by atoms with Crippen molar-refractivity contribution in [3.63, 3.8) is 0 Å². The molecule has 0 aromatic carbocycles. The van der Waals surface area contributed by atoms with Crippen LogP contribution in [-0.2, 0) is 0 Å². The van der Waals surface area contributed by atoms with Crippen LogP contribution in [0.5, 0.6) is 5.88 Å². The van der Waals surface area contributed by atoms with Gasteiger partial charge in [-0.1, -0.05) is 0 Å². The zero-order chi connectivity index (χ0) is 8.97. The van der Waals surface area contributed by atoms with E-state index in [0.29, 0.717) is 5.88 Å². The molecule has 2 N–H and O–H groups in total. The number of hydrogen-bond donors (Lipinski definition) is 2. The lowest BCUT2D eigenvalue weighted by molar-refractivity contribution is 0.398. The molecule has 1 aromatic heterocycles. The summed E-state index contributed by atoms with van der Waals surface area (Å²) >= 11 is 0. The Kier molecular flexibility index (Phi) is 2.74. The van der Waals surface area contributed by atoms with E-state index in [1.165, 1.54) is 0 Å². The Bertz CT molecular complexity index is 262. The Morgan fingerprint density at radius 2 is 2.00 bits per heavy atom. The number of anilines is 2. The maximum Gasteiger partial charge on any atom is 0.215 e. The van der Waals surface area contributed by atoms with E-state index < -0.39 is 0 Å². The molecule has 0 aliphatic heterocycles. The average molecular weight is 167 g/mol. The second kappa shape index (κ2) is 3.80. The van der Waals surface area contributed by atoms with Gasteiger partial charge >= 0.3 is 0 Å². The average Bonchev–Trinajstić information content (AvgIpc) is 2.16. The molecule has 12 heavy (non-hydrogen) atoms. The van der Waals surface area contributed by atoms with Crippen LogP contribution < -0.4 is 15.4 Å². The van der Waals surface area contributed by atoms with Gasteiger partial charge in [-0.25, -0.2) is 0 Å². The molecular formula is C8H13N3O. The molecule has 0 fully saturated rings. The Labute approximate surface area is 72.0 Å². The fourth-order valence-electron chi connectivity index (χ4n) is 0.947. The Hall–Kier alpha value is -1.45. The van der Waals surface area contributed by atoms with Crippen molar-refractivity contribution in [1.82, 2.24) is 4.98 Å². The lowest BCUT2D eigenvalue weighted by Crippen LogP contribution is -2.00. The fraction of sp³-hybridized carbons (Fsp3) is 0.375. The van der Waals surface area contributed by atoms with Gasteiger partial charge in [-0.3, -0.25) is 0 Å². The van der Waals surface area contributed by atoms with Gasteiger partial charge in [-0.2, -0.15) is 4.98 Å². The molecule has 1 rings (SSSR count). The SMILES string of the molecule is CNc1ccc(OC)nc1NC. The first-order valence-corrected chi connectivity index (χ1v) is 3.72. The van der Waals surface area contributed by atoms with E-state index in [-0.39, 0.29) is 0 Å². The standard InChI is InChI=1S/C8H13N3O/c1-9-6-4-5-7(12-3)11-8(6)10-2/h4-5,9H,1-3H3,(H,10,11). The van der Waals surface area contributed by atoms with Crippen molar-refractivity contribution in [2.24, 2.45) is 0 Å². The van der Waals surface area contributed by atoms with Crippen molar-refractivity contribution in [3.8, 4) is 5.88 Å². The summed E-state index contributed by atoms with van der Waals surface area (Å²) in [5.41, 5.74) is 0.957. The molecule has 4 nitrogen and oxygen atoms in total. The summed E-state index contributed by atoms with van der Waals surface area (Å²) in [6.45, 7) is 0. The predicted molar refractivity (Wildman–Crippen MR) is 49.9 cm³/mol. The van der Waals surface area contributed by atoms with Gasteiger partial charge in [0.05, 0.1) is 12.8 Å². The van der Waals surface area contributed by atoms with Crippen LogP contribution in [-0.4, -0.2) is 26.2 Å². The third kappa shape index (κ3) is 1.58. The van der Waals surface area contributed by atoms with Crippen LogP contribution in [0.2, 0.25) is 0 Å². The summed E-state index contributed by atoms with van der Waals surface area (Å²) in [6, 6.07) is 3.73. The highest BCUT2D eigenvalue weighted by atomic mass is 16.5. The number of nitrogens with one attached hydrogen (secondary N) is 2. The van der Waals surface area contributed by atoms with E-state index in [2.05, 4.69) is 15.6 Å². The molecule has 0 saturated carbocycles. The van der Waals surface area contributed by atoms with E-state index in [1.807, 2.05) is 26.2 Å². The second-order valence-electron chi connectivity index (χ2n) is 2.25. The molecule has 0 unspecified atom stereocenters. The first kappa shape index (κ1) is 8.64. The minimum Gasteiger partial charge on any atom is -0.481 e. The molecule has 4 heteroatoms. The van der Waals surface area contributed by atoms with Gasteiger partial charge in [0.15, 0.2) is 5.82 Å². The molecule has 0 atom stereocenters. The topological polar surface area (TPSA) is 46.2 Å². The summed E-state index contributed by atoms with van der Waals surface area (Å²) < 4.78 is 4.98. The van der Waals surface area contributed by atoms with Crippen molar-refractivity contribution in [2.45, 2.75) is 0 Å². The van der Waals surface area contributed by atoms with E-state index in [9.17, 15) is 0 Å². The Balaban J connectivity index is 3.02. The van der Waals surface area contributed by atoms with Crippen molar-refractivity contribution >= 4 is 11.5 Å². The molecule has 0 radical (unpaired) electrons. The smallest absolute Gasteiger partial charge is 0.215 e. The molecule has 0 amide bonds. The van der Waals surface area contributed by atoms with Gasteiger partial charge in [-0.15, -0.1) is 0 Å². The number of nitrogens with zero attached hydrogens (tertiary/aromatic N) is 1. The van der Waals surface area contributed by atoms with Gasteiger partial charge in [-0.05, 0) is 6.07 Å².